The van der Waals surface area contributed by atoms with E-state index in [9.17, 15) is 71.9 Å². The van der Waals surface area contributed by atoms with Crippen LogP contribution in [0, 0.1) is 0 Å². The highest BCUT2D eigenvalue weighted by atomic mass is 16.6. The smallest absolute Gasteiger partial charge is 0.343 e. The molecule has 566 valence electrons. The maximum atomic E-state index is 14.0. The molecule has 107 heavy (non-hydrogen) atoms. The van der Waals surface area contributed by atoms with Gasteiger partial charge in [-0.2, -0.15) is 0 Å². The number of aliphatic carboxylic acids is 6. The molecule has 0 fully saturated rings. The highest BCUT2D eigenvalue weighted by Gasteiger charge is 2.33. The summed E-state index contributed by atoms with van der Waals surface area (Å²) in [6.45, 7) is 1.80. The second kappa shape index (κ2) is 42.2. The van der Waals surface area contributed by atoms with Crippen molar-refractivity contribution >= 4 is 89.5 Å². The van der Waals surface area contributed by atoms with Crippen molar-refractivity contribution in [2.45, 2.75) is 166 Å². The second-order valence-electron chi connectivity index (χ2n) is 24.4. The van der Waals surface area contributed by atoms with Gasteiger partial charge in [0.25, 0.3) is 0 Å². The van der Waals surface area contributed by atoms with Crippen LogP contribution in [0.1, 0.15) is 209 Å². The molecule has 0 saturated heterocycles. The Morgan fingerprint density at radius 2 is 0.383 bits per heavy atom. The Kier molecular flexibility index (Phi) is 32.9. The molecule has 0 aromatic heterocycles. The predicted molar refractivity (Wildman–Crippen MR) is 370 cm³/mol. The molecule has 30 nitrogen and oxygen atoms in total. The summed E-state index contributed by atoms with van der Waals surface area (Å²) in [5, 5.41) is 54.1. The molecule has 0 aliphatic carbocycles. The minimum Gasteiger partial charge on any atom is -0.481 e. The molecule has 6 aromatic carbocycles. The van der Waals surface area contributed by atoms with E-state index in [0.29, 0.717) is 16.7 Å². The predicted octanol–water partition coefficient (Wildman–Crippen LogP) is 12.0. The van der Waals surface area contributed by atoms with Gasteiger partial charge in [0.1, 0.15) is 51.7 Å². The summed E-state index contributed by atoms with van der Waals surface area (Å²) in [4.78, 5) is 186. The normalized spacial score (nSPS) is 10.9. The van der Waals surface area contributed by atoms with Crippen LogP contribution >= 0.6 is 0 Å². The van der Waals surface area contributed by atoms with Gasteiger partial charge in [-0.25, -0.2) is 14.4 Å². The average molecular weight is 1480 g/mol. The van der Waals surface area contributed by atoms with Crippen LogP contribution in [0.4, 0.5) is 0 Å². The van der Waals surface area contributed by atoms with Crippen LogP contribution in [0.5, 0.6) is 51.7 Å². The molecule has 0 saturated carbocycles. The molecule has 30 heteroatoms. The molecule has 6 N–H and O–H groups in total. The van der Waals surface area contributed by atoms with Crippen LogP contribution in [0.2, 0.25) is 0 Å². The Balaban J connectivity index is 1.33. The van der Waals surface area contributed by atoms with Crippen LogP contribution in [0.15, 0.2) is 127 Å². The molecule has 6 aromatic rings. The lowest BCUT2D eigenvalue weighted by atomic mass is 9.71. The first-order valence-electron chi connectivity index (χ1n) is 34.0. The number of carboxylic acid groups (broad SMARTS) is 6. The van der Waals surface area contributed by atoms with Crippen molar-refractivity contribution in [3.05, 3.63) is 161 Å². The maximum absolute atomic E-state index is 14.0. The Morgan fingerprint density at radius 3 is 0.542 bits per heavy atom. The topological polar surface area (TPSA) is 460 Å². The van der Waals surface area contributed by atoms with E-state index < -0.39 is 95.0 Å². The van der Waals surface area contributed by atoms with Crippen molar-refractivity contribution in [2.24, 2.45) is 0 Å². The number of rotatable bonds is 45. The molecule has 0 radical (unpaired) electrons. The van der Waals surface area contributed by atoms with Crippen molar-refractivity contribution in [2.75, 3.05) is 0 Å². The minimum atomic E-state index is -1.25. The highest BCUT2D eigenvalue weighted by molar-refractivity contribution is 5.94. The van der Waals surface area contributed by atoms with E-state index in [1.807, 2.05) is 0 Å². The van der Waals surface area contributed by atoms with E-state index in [2.05, 4.69) is 0 Å². The zero-order valence-corrected chi connectivity index (χ0v) is 58.1. The SMILES string of the molecule is CC(c1ccc(OC(=O)c2cc(OC(=O)CCCCC(=O)O)cc(OC(=O)CCCCC(=O)O)c2)cc1)(c1ccc(OC(=O)c2cc(OC(=O)CCCCC(=O)O)cc(OC(=O)CCCCC(=O)O)c2)cc1)c1ccc(OC(=O)c2cc(OC(=O)CCCCC(=O)O)cc(OC(=O)CCCCC(=O)O)c2)cc1. The van der Waals surface area contributed by atoms with E-state index in [1.165, 1.54) is 54.6 Å². The Morgan fingerprint density at radius 1 is 0.224 bits per heavy atom. The number of benzene rings is 6. The Hall–Kier alpha value is -12.6. The van der Waals surface area contributed by atoms with Crippen LogP contribution < -0.4 is 42.6 Å². The monoisotopic (exact) mass is 1480 g/mol. The Bertz CT molecular complexity index is 3620. The number of carbonyl (C=O) groups excluding carboxylic acids is 9. The van der Waals surface area contributed by atoms with E-state index in [1.54, 1.807) is 43.3 Å². The van der Waals surface area contributed by atoms with Crippen LogP contribution in [0.3, 0.4) is 0 Å². The minimum absolute atomic E-state index is 0.0325. The highest BCUT2D eigenvalue weighted by Crippen LogP contribution is 2.41. The Labute approximate surface area is 611 Å². The maximum Gasteiger partial charge on any atom is 0.343 e. The molecule has 6 rings (SSSR count). The number of ether oxygens (including phenoxy) is 9. The first kappa shape index (κ1) is 83.3. The number of unbranched alkanes of at least 4 members (excludes halogenated alkanes) is 6. The first-order valence-corrected chi connectivity index (χ1v) is 34.0. The summed E-state index contributed by atoms with van der Waals surface area (Å²) < 4.78 is 50.2. The fourth-order valence-electron chi connectivity index (χ4n) is 10.4. The van der Waals surface area contributed by atoms with E-state index in [4.69, 9.17) is 73.3 Å². The molecule has 0 amide bonds. The van der Waals surface area contributed by atoms with Gasteiger partial charge in [0.2, 0.25) is 0 Å². The van der Waals surface area contributed by atoms with Crippen molar-refractivity contribution < 1.29 is 145 Å². The van der Waals surface area contributed by atoms with Crippen molar-refractivity contribution in [3.63, 3.8) is 0 Å². The van der Waals surface area contributed by atoms with Gasteiger partial charge in [-0.05, 0) is 173 Å². The van der Waals surface area contributed by atoms with Gasteiger partial charge in [0.05, 0.1) is 16.7 Å². The quantitative estimate of drug-likeness (QED) is 0.00895. The molecule has 0 unspecified atom stereocenters. The summed E-state index contributed by atoms with van der Waals surface area (Å²) >= 11 is 0. The molecule has 0 atom stereocenters. The first-order chi connectivity index (χ1) is 51.0. The third-order valence-electron chi connectivity index (χ3n) is 15.8. The van der Waals surface area contributed by atoms with Crippen LogP contribution in [0.25, 0.3) is 0 Å². The van der Waals surface area contributed by atoms with Crippen LogP contribution in [-0.2, 0) is 62.9 Å². The zero-order valence-electron chi connectivity index (χ0n) is 58.1. The van der Waals surface area contributed by atoms with E-state index in [-0.39, 0.29) is 223 Å². The summed E-state index contributed by atoms with van der Waals surface area (Å²) in [5.74, 6) is -15.7. The summed E-state index contributed by atoms with van der Waals surface area (Å²) in [6.07, 6.45) is -0.477. The summed E-state index contributed by atoms with van der Waals surface area (Å²) in [5.41, 5.74) is -0.475. The van der Waals surface area contributed by atoms with Gasteiger partial charge in [-0.3, -0.25) is 57.5 Å². The molecular weight excluding hydrogens is 1400 g/mol. The van der Waals surface area contributed by atoms with Gasteiger partial charge < -0.3 is 73.3 Å². The standard InChI is InChI=1S/C77H78O30/c1-77(50-26-32-53(33-27-50)105-74(96)47-38-56(99-68(90)20-8-2-14-62(78)79)44-57(39-47)100-69(91)21-9-3-15-63(80)81,51-28-34-54(35-29-51)106-75(97)48-40-58(101-70(92)22-10-4-16-64(82)83)45-59(41-48)102-71(93)23-11-5-17-65(84)85)52-30-36-55(37-31-52)107-76(98)49-42-60(103-72(94)24-12-6-18-66(86)87)46-61(43-49)104-73(95)25-13-7-19-67(88)89/h26-46H,2-25H2,1H3,(H,78,79)(H,80,81)(H,82,83)(H,84,85)(H,86,87)(H,88,89). The molecule has 0 bridgehead atoms. The number of esters is 9. The van der Waals surface area contributed by atoms with Gasteiger partial charge in [-0.1, -0.05) is 36.4 Å². The van der Waals surface area contributed by atoms with Crippen molar-refractivity contribution in [1.82, 2.24) is 0 Å². The van der Waals surface area contributed by atoms with Gasteiger partial charge in [0.15, 0.2) is 0 Å². The lowest BCUT2D eigenvalue weighted by Crippen LogP contribution is -2.25. The fourth-order valence-corrected chi connectivity index (χ4v) is 10.4. The summed E-state index contributed by atoms with van der Waals surface area (Å²) in [6, 6.07) is 28.8. The lowest BCUT2D eigenvalue weighted by molar-refractivity contribution is -0.138. The van der Waals surface area contributed by atoms with E-state index >= 15 is 0 Å². The number of carbonyl (C=O) groups is 15. The second-order valence-corrected chi connectivity index (χ2v) is 24.4. The third-order valence-corrected chi connectivity index (χ3v) is 15.8. The van der Waals surface area contributed by atoms with Crippen LogP contribution in [-0.4, -0.2) is 120 Å². The van der Waals surface area contributed by atoms with Crippen molar-refractivity contribution in [1.29, 1.82) is 0 Å². The fraction of sp³-hybridized carbons (Fsp3) is 0.338. The number of carboxylic acids is 6. The van der Waals surface area contributed by atoms with Gasteiger partial charge >= 0.3 is 89.5 Å². The van der Waals surface area contributed by atoms with E-state index in [0.717, 1.165) is 36.4 Å². The molecule has 0 spiro atoms. The molecule has 0 aliphatic rings. The summed E-state index contributed by atoms with van der Waals surface area (Å²) in [7, 11) is 0. The van der Waals surface area contributed by atoms with Gasteiger partial charge in [-0.15, -0.1) is 0 Å². The third kappa shape index (κ3) is 29.9. The number of hydrogen-bond donors (Lipinski definition) is 6. The zero-order chi connectivity index (χ0) is 78.0. The molecule has 0 aliphatic heterocycles. The van der Waals surface area contributed by atoms with Crippen molar-refractivity contribution in [3.8, 4) is 51.7 Å². The molecule has 0 heterocycles. The average Bonchev–Trinajstić information content (AvgIpc) is 0.761. The largest absolute Gasteiger partial charge is 0.481 e. The lowest BCUT2D eigenvalue weighted by Gasteiger charge is -2.32. The van der Waals surface area contributed by atoms with Gasteiger partial charge in [0, 0.05) is 101 Å². The molecular formula is C77H78O30. The number of hydrogen-bond acceptors (Lipinski definition) is 24.